The third-order valence-electron chi connectivity index (χ3n) is 3.78. The molecule has 2 aromatic carbocycles. The molecule has 2 aromatic rings. The number of methoxy groups -OCH3 is 1. The number of hydrogen-bond donors (Lipinski definition) is 1. The van der Waals surface area contributed by atoms with Gasteiger partial charge in [-0.1, -0.05) is 29.8 Å². The molecule has 2 amide bonds. The molecule has 0 atom stereocenters. The number of amides is 2. The molecule has 0 radical (unpaired) electrons. The summed E-state index contributed by atoms with van der Waals surface area (Å²) in [6.07, 6.45) is 1.72. The van der Waals surface area contributed by atoms with Gasteiger partial charge in [0, 0.05) is 5.69 Å². The predicted octanol–water partition coefficient (Wildman–Crippen LogP) is 4.11. The van der Waals surface area contributed by atoms with Gasteiger partial charge in [0.05, 0.1) is 18.7 Å². The number of ether oxygens (including phenoxy) is 1. The Morgan fingerprint density at radius 1 is 1.08 bits per heavy atom. The van der Waals surface area contributed by atoms with Gasteiger partial charge in [-0.15, -0.1) is 0 Å². The molecule has 6 heteroatoms. The normalized spacial score (nSPS) is 15.8. The Morgan fingerprint density at radius 3 is 2.40 bits per heavy atom. The first-order valence-corrected chi connectivity index (χ1v) is 8.58. The van der Waals surface area contributed by atoms with E-state index in [-0.39, 0.29) is 17.8 Å². The number of rotatable bonds is 5. The first-order valence-electron chi connectivity index (χ1n) is 7.77. The summed E-state index contributed by atoms with van der Waals surface area (Å²) in [7, 11) is 1.60. The predicted molar refractivity (Wildman–Crippen MR) is 100 cm³/mol. The van der Waals surface area contributed by atoms with Crippen LogP contribution in [0.2, 0.25) is 0 Å². The Hall–Kier alpha value is -2.73. The van der Waals surface area contributed by atoms with Crippen LogP contribution in [-0.4, -0.2) is 29.8 Å². The van der Waals surface area contributed by atoms with E-state index in [0.717, 1.165) is 34.3 Å². The van der Waals surface area contributed by atoms with Crippen molar-refractivity contribution < 1.29 is 14.3 Å². The lowest BCUT2D eigenvalue weighted by atomic mass is 10.2. The van der Waals surface area contributed by atoms with Crippen LogP contribution in [0.1, 0.15) is 11.1 Å². The molecule has 1 aliphatic heterocycles. The highest BCUT2D eigenvalue weighted by Crippen LogP contribution is 2.32. The Balaban J connectivity index is 1.68. The number of hydrogen-bond acceptors (Lipinski definition) is 5. The molecule has 128 valence electrons. The van der Waals surface area contributed by atoms with Crippen LogP contribution in [0.25, 0.3) is 6.08 Å². The minimum absolute atomic E-state index is 0.147. The third kappa shape index (κ3) is 4.03. The van der Waals surface area contributed by atoms with Crippen LogP contribution in [0.5, 0.6) is 5.75 Å². The number of carbonyl (C=O) groups excluding carboxylic acids is 2. The second-order valence-electron chi connectivity index (χ2n) is 5.58. The highest BCUT2D eigenvalue weighted by molar-refractivity contribution is 8.18. The van der Waals surface area contributed by atoms with Gasteiger partial charge in [-0.3, -0.25) is 14.5 Å². The van der Waals surface area contributed by atoms with Crippen molar-refractivity contribution in [3.8, 4) is 5.75 Å². The molecule has 0 spiro atoms. The summed E-state index contributed by atoms with van der Waals surface area (Å²) in [5, 5.41) is 2.83. The summed E-state index contributed by atoms with van der Waals surface area (Å²) in [5.74, 6) is 0.456. The Bertz CT molecular complexity index is 814. The minimum Gasteiger partial charge on any atom is -0.497 e. The van der Waals surface area contributed by atoms with Gasteiger partial charge < -0.3 is 10.1 Å². The molecule has 5 nitrogen and oxygen atoms in total. The summed E-state index contributed by atoms with van der Waals surface area (Å²) in [4.78, 5) is 26.2. The van der Waals surface area contributed by atoms with Gasteiger partial charge in [-0.05, 0) is 54.6 Å². The molecule has 1 N–H and O–H groups in total. The van der Waals surface area contributed by atoms with Crippen molar-refractivity contribution in [2.75, 3.05) is 19.1 Å². The molecule has 25 heavy (non-hydrogen) atoms. The molecule has 3 rings (SSSR count). The van der Waals surface area contributed by atoms with Crippen LogP contribution < -0.4 is 10.1 Å². The lowest BCUT2D eigenvalue weighted by Gasteiger charge is -2.14. The van der Waals surface area contributed by atoms with Crippen LogP contribution in [0.15, 0.2) is 53.4 Å². The van der Waals surface area contributed by atoms with Crippen molar-refractivity contribution in [3.05, 3.63) is 64.6 Å². The number of benzene rings is 2. The standard InChI is InChI=1S/C19H18N2O3S/c1-13-3-7-15(8-4-13)20-12-21-18(22)17(25-19(21)23)11-14-5-9-16(24-2)10-6-14/h3-11,20H,12H2,1-2H3. The topological polar surface area (TPSA) is 58.6 Å². The van der Waals surface area contributed by atoms with Crippen LogP contribution in [-0.2, 0) is 4.79 Å². The molecule has 0 saturated carbocycles. The minimum atomic E-state index is -0.287. The quantitative estimate of drug-likeness (QED) is 0.819. The van der Waals surface area contributed by atoms with Crippen LogP contribution in [0.4, 0.5) is 10.5 Å². The summed E-state index contributed by atoms with van der Waals surface area (Å²) < 4.78 is 5.11. The fourth-order valence-corrected chi connectivity index (χ4v) is 3.17. The molecule has 1 fully saturated rings. The van der Waals surface area contributed by atoms with Crippen molar-refractivity contribution in [3.63, 3.8) is 0 Å². The SMILES string of the molecule is COc1ccc(C=C2SC(=O)N(CNc3ccc(C)cc3)C2=O)cc1. The maximum Gasteiger partial charge on any atom is 0.295 e. The van der Waals surface area contributed by atoms with Crippen LogP contribution in [0.3, 0.4) is 0 Å². The molecular weight excluding hydrogens is 336 g/mol. The zero-order valence-electron chi connectivity index (χ0n) is 14.0. The van der Waals surface area contributed by atoms with E-state index in [4.69, 9.17) is 4.74 Å². The molecule has 1 saturated heterocycles. The van der Waals surface area contributed by atoms with E-state index in [1.165, 1.54) is 4.90 Å². The smallest absolute Gasteiger partial charge is 0.295 e. The molecule has 0 aliphatic carbocycles. The first-order chi connectivity index (χ1) is 12.1. The number of nitrogens with zero attached hydrogens (tertiary/aromatic N) is 1. The average Bonchev–Trinajstić information content (AvgIpc) is 2.89. The van der Waals surface area contributed by atoms with E-state index >= 15 is 0 Å². The number of carbonyl (C=O) groups is 2. The summed E-state index contributed by atoms with van der Waals surface area (Å²) in [6.45, 7) is 2.15. The fraction of sp³-hybridized carbons (Fsp3) is 0.158. The Kier molecular flexibility index (Phi) is 5.09. The highest BCUT2D eigenvalue weighted by Gasteiger charge is 2.34. The van der Waals surface area contributed by atoms with Gasteiger partial charge in [0.2, 0.25) is 0 Å². The molecule has 0 unspecified atom stereocenters. The lowest BCUT2D eigenvalue weighted by molar-refractivity contribution is -0.122. The molecule has 0 bridgehead atoms. The Labute approximate surface area is 150 Å². The van der Waals surface area contributed by atoms with E-state index in [9.17, 15) is 9.59 Å². The van der Waals surface area contributed by atoms with E-state index in [0.29, 0.717) is 4.91 Å². The summed E-state index contributed by atoms with van der Waals surface area (Å²) in [6, 6.07) is 15.1. The zero-order valence-corrected chi connectivity index (χ0v) is 14.8. The van der Waals surface area contributed by atoms with Crippen molar-refractivity contribution in [2.24, 2.45) is 0 Å². The van der Waals surface area contributed by atoms with E-state index in [2.05, 4.69) is 5.32 Å². The molecule has 1 heterocycles. The van der Waals surface area contributed by atoms with Crippen molar-refractivity contribution in [1.29, 1.82) is 0 Å². The van der Waals surface area contributed by atoms with Gasteiger partial charge >= 0.3 is 0 Å². The van der Waals surface area contributed by atoms with Crippen molar-refractivity contribution in [1.82, 2.24) is 4.90 Å². The average molecular weight is 354 g/mol. The number of anilines is 1. The Morgan fingerprint density at radius 2 is 1.76 bits per heavy atom. The van der Waals surface area contributed by atoms with E-state index in [1.54, 1.807) is 13.2 Å². The second kappa shape index (κ2) is 7.44. The monoisotopic (exact) mass is 354 g/mol. The maximum absolute atomic E-state index is 12.5. The summed E-state index contributed by atoms with van der Waals surface area (Å²) in [5.41, 5.74) is 2.86. The van der Waals surface area contributed by atoms with Crippen molar-refractivity contribution >= 4 is 34.7 Å². The first kappa shape index (κ1) is 17.1. The van der Waals surface area contributed by atoms with Crippen LogP contribution >= 0.6 is 11.8 Å². The largest absolute Gasteiger partial charge is 0.497 e. The third-order valence-corrected chi connectivity index (χ3v) is 4.69. The summed E-state index contributed by atoms with van der Waals surface area (Å²) >= 11 is 0.951. The second-order valence-corrected chi connectivity index (χ2v) is 6.58. The maximum atomic E-state index is 12.5. The van der Waals surface area contributed by atoms with Gasteiger partial charge in [0.25, 0.3) is 11.1 Å². The van der Waals surface area contributed by atoms with Gasteiger partial charge in [0.1, 0.15) is 5.75 Å². The molecule has 1 aliphatic rings. The van der Waals surface area contributed by atoms with E-state index in [1.807, 2.05) is 55.5 Å². The fourth-order valence-electron chi connectivity index (χ4n) is 2.33. The number of nitrogens with one attached hydrogen (secondary N) is 1. The lowest BCUT2D eigenvalue weighted by Crippen LogP contribution is -2.33. The van der Waals surface area contributed by atoms with Gasteiger partial charge in [-0.2, -0.15) is 0 Å². The number of thioether (sulfide) groups is 1. The van der Waals surface area contributed by atoms with Crippen LogP contribution in [0, 0.1) is 6.92 Å². The molecule has 0 aromatic heterocycles. The van der Waals surface area contributed by atoms with Crippen molar-refractivity contribution in [2.45, 2.75) is 6.92 Å². The zero-order chi connectivity index (χ0) is 17.8. The van der Waals surface area contributed by atoms with E-state index < -0.39 is 0 Å². The highest BCUT2D eigenvalue weighted by atomic mass is 32.2. The number of aryl methyl sites for hydroxylation is 1. The van der Waals surface area contributed by atoms with Gasteiger partial charge in [-0.25, -0.2) is 0 Å². The van der Waals surface area contributed by atoms with Gasteiger partial charge in [0.15, 0.2) is 0 Å². The number of imide groups is 1. The molecular formula is C19H18N2O3S.